The van der Waals surface area contributed by atoms with Crippen LogP contribution in [0.2, 0.25) is 0 Å². The summed E-state index contributed by atoms with van der Waals surface area (Å²) >= 11 is 0. The van der Waals surface area contributed by atoms with Gasteiger partial charge in [0, 0.05) is 24.9 Å². The maximum Gasteiger partial charge on any atom is 0.234 e. The first-order valence-corrected chi connectivity index (χ1v) is 9.86. The molecule has 1 saturated heterocycles. The van der Waals surface area contributed by atoms with Crippen molar-refractivity contribution in [3.8, 4) is 0 Å². The predicted octanol–water partition coefficient (Wildman–Crippen LogP) is 3.29. The number of hydrogen-bond donors (Lipinski definition) is 0. The third-order valence-corrected chi connectivity index (χ3v) is 5.93. The van der Waals surface area contributed by atoms with Crippen LogP contribution in [0.3, 0.4) is 0 Å². The molecule has 0 radical (unpaired) electrons. The molecule has 0 N–H and O–H groups in total. The molecule has 0 aromatic heterocycles. The molecule has 28 heavy (non-hydrogen) atoms. The molecule has 0 unspecified atom stereocenters. The zero-order valence-corrected chi connectivity index (χ0v) is 16.4. The van der Waals surface area contributed by atoms with Gasteiger partial charge in [-0.05, 0) is 25.2 Å². The second kappa shape index (κ2) is 7.72. The van der Waals surface area contributed by atoms with Gasteiger partial charge in [-0.25, -0.2) is 0 Å². The summed E-state index contributed by atoms with van der Waals surface area (Å²) in [6.07, 6.45) is 4.27. The van der Waals surface area contributed by atoms with Crippen LogP contribution in [0, 0.1) is 11.8 Å². The molecule has 0 saturated carbocycles. The molecule has 2 aromatic rings. The Morgan fingerprint density at radius 3 is 1.57 bits per heavy atom. The summed E-state index contributed by atoms with van der Waals surface area (Å²) in [4.78, 5) is 30.3. The summed E-state index contributed by atoms with van der Waals surface area (Å²) in [7, 11) is 3.92. The van der Waals surface area contributed by atoms with Crippen LogP contribution in [0.15, 0.2) is 72.8 Å². The molecule has 4 atom stereocenters. The van der Waals surface area contributed by atoms with Crippen molar-refractivity contribution in [2.24, 2.45) is 11.8 Å². The number of hydrogen-bond acceptors (Lipinski definition) is 3. The minimum absolute atomic E-state index is 0.0315. The first-order chi connectivity index (χ1) is 13.6. The molecule has 2 amide bonds. The van der Waals surface area contributed by atoms with Crippen LogP contribution < -0.4 is 0 Å². The molecule has 1 heterocycles. The fourth-order valence-corrected chi connectivity index (χ4v) is 4.52. The minimum atomic E-state index is -0.340. The molecule has 4 rings (SSSR count). The second-order valence-corrected chi connectivity index (χ2v) is 7.94. The number of likely N-dealkylation sites (N-methyl/N-ethyl adjacent to an activating group) is 1. The summed E-state index contributed by atoms with van der Waals surface area (Å²) in [5, 5.41) is 0. The van der Waals surface area contributed by atoms with Gasteiger partial charge in [-0.3, -0.25) is 14.5 Å². The number of fused-ring (bicyclic) bond motifs is 1. The van der Waals surface area contributed by atoms with E-state index < -0.39 is 0 Å². The normalized spacial score (nSPS) is 26.8. The third-order valence-electron chi connectivity index (χ3n) is 5.93. The molecule has 4 heteroatoms. The molecule has 1 fully saturated rings. The van der Waals surface area contributed by atoms with Crippen LogP contribution in [0.4, 0.5) is 0 Å². The number of imide groups is 1. The van der Waals surface area contributed by atoms with Gasteiger partial charge < -0.3 is 4.90 Å². The van der Waals surface area contributed by atoms with Gasteiger partial charge in [0.05, 0.1) is 11.8 Å². The highest BCUT2D eigenvalue weighted by Crippen LogP contribution is 2.49. The highest BCUT2D eigenvalue weighted by atomic mass is 16.2. The van der Waals surface area contributed by atoms with Crippen molar-refractivity contribution in [2.75, 3.05) is 27.2 Å². The summed E-state index contributed by atoms with van der Waals surface area (Å²) in [5.74, 6) is -0.870. The number of nitrogens with zero attached hydrogens (tertiary/aromatic N) is 2. The first-order valence-electron chi connectivity index (χ1n) is 9.86. The smallest absolute Gasteiger partial charge is 0.234 e. The quantitative estimate of drug-likeness (QED) is 0.596. The standard InChI is InChI=1S/C24H26N2O2/c1-25(2)15-16-26-23(27)21-19(17-9-5-3-6-10-17)13-14-20(22(21)24(26)28)18-11-7-4-8-12-18/h3-14,19-22H,15-16H2,1-2H3/t19-,20-,21+,22+/m1/s1. The number of carbonyl (C=O) groups is 2. The lowest BCUT2D eigenvalue weighted by Gasteiger charge is -2.32. The highest BCUT2D eigenvalue weighted by molar-refractivity contribution is 6.06. The highest BCUT2D eigenvalue weighted by Gasteiger charge is 2.54. The molecule has 0 spiro atoms. The molecule has 1 aliphatic carbocycles. The van der Waals surface area contributed by atoms with E-state index in [1.165, 1.54) is 4.90 Å². The number of rotatable bonds is 5. The molecule has 1 aliphatic heterocycles. The maximum absolute atomic E-state index is 13.4. The van der Waals surface area contributed by atoms with Gasteiger partial charge in [0.2, 0.25) is 11.8 Å². The van der Waals surface area contributed by atoms with E-state index in [9.17, 15) is 9.59 Å². The summed E-state index contributed by atoms with van der Waals surface area (Å²) in [6.45, 7) is 1.12. The zero-order valence-electron chi connectivity index (χ0n) is 16.4. The van der Waals surface area contributed by atoms with Crippen molar-refractivity contribution in [1.82, 2.24) is 9.80 Å². The van der Waals surface area contributed by atoms with Crippen molar-refractivity contribution in [3.05, 3.63) is 83.9 Å². The van der Waals surface area contributed by atoms with Crippen LogP contribution in [0.1, 0.15) is 23.0 Å². The monoisotopic (exact) mass is 374 g/mol. The molecule has 0 bridgehead atoms. The Morgan fingerprint density at radius 1 is 0.750 bits per heavy atom. The maximum atomic E-state index is 13.4. The zero-order chi connectivity index (χ0) is 19.7. The number of benzene rings is 2. The van der Waals surface area contributed by atoms with Gasteiger partial charge in [0.25, 0.3) is 0 Å². The average Bonchev–Trinajstić information content (AvgIpc) is 2.98. The Morgan fingerprint density at radius 2 is 1.18 bits per heavy atom. The Bertz CT molecular complexity index is 808. The Labute approximate surface area is 166 Å². The number of amides is 2. The molecule has 4 nitrogen and oxygen atoms in total. The average molecular weight is 374 g/mol. The van der Waals surface area contributed by atoms with Gasteiger partial charge in [-0.1, -0.05) is 72.8 Å². The second-order valence-electron chi connectivity index (χ2n) is 7.94. The van der Waals surface area contributed by atoms with E-state index in [4.69, 9.17) is 0 Å². The number of allylic oxidation sites excluding steroid dienone is 2. The fraction of sp³-hybridized carbons (Fsp3) is 0.333. The number of likely N-dealkylation sites (tertiary alicyclic amines) is 1. The largest absolute Gasteiger partial charge is 0.308 e. The Hall–Kier alpha value is -2.72. The van der Waals surface area contributed by atoms with Gasteiger partial charge >= 0.3 is 0 Å². The summed E-state index contributed by atoms with van der Waals surface area (Å²) in [6, 6.07) is 20.1. The Kier molecular flexibility index (Phi) is 5.14. The lowest BCUT2D eigenvalue weighted by atomic mass is 9.68. The van der Waals surface area contributed by atoms with E-state index in [1.54, 1.807) is 0 Å². The van der Waals surface area contributed by atoms with Crippen molar-refractivity contribution in [2.45, 2.75) is 11.8 Å². The van der Waals surface area contributed by atoms with E-state index in [0.29, 0.717) is 13.1 Å². The van der Waals surface area contributed by atoms with Gasteiger partial charge in [0.15, 0.2) is 0 Å². The van der Waals surface area contributed by atoms with Gasteiger partial charge in [-0.15, -0.1) is 0 Å². The Balaban J connectivity index is 1.75. The van der Waals surface area contributed by atoms with Crippen LogP contribution in [0.5, 0.6) is 0 Å². The summed E-state index contributed by atoms with van der Waals surface area (Å²) < 4.78 is 0. The lowest BCUT2D eigenvalue weighted by Crippen LogP contribution is -2.37. The van der Waals surface area contributed by atoms with Gasteiger partial charge in [-0.2, -0.15) is 0 Å². The van der Waals surface area contributed by atoms with Gasteiger partial charge in [0.1, 0.15) is 0 Å². The van der Waals surface area contributed by atoms with E-state index in [-0.39, 0.29) is 35.5 Å². The van der Waals surface area contributed by atoms with Crippen LogP contribution in [-0.4, -0.2) is 48.8 Å². The molecular formula is C24H26N2O2. The van der Waals surface area contributed by atoms with Crippen molar-refractivity contribution < 1.29 is 9.59 Å². The number of carbonyl (C=O) groups excluding carboxylic acids is 2. The molecule has 2 aromatic carbocycles. The van der Waals surface area contributed by atoms with E-state index in [1.807, 2.05) is 55.4 Å². The van der Waals surface area contributed by atoms with E-state index in [0.717, 1.165) is 11.1 Å². The SMILES string of the molecule is CN(C)CCN1C(=O)[C@@H]2[C@@H](C1=O)[C@@H](c1ccccc1)C=C[C@@H]2c1ccccc1. The predicted molar refractivity (Wildman–Crippen MR) is 110 cm³/mol. The van der Waals surface area contributed by atoms with Crippen molar-refractivity contribution >= 4 is 11.8 Å². The molecule has 144 valence electrons. The topological polar surface area (TPSA) is 40.6 Å². The van der Waals surface area contributed by atoms with Crippen LogP contribution >= 0.6 is 0 Å². The minimum Gasteiger partial charge on any atom is -0.308 e. The van der Waals surface area contributed by atoms with Crippen molar-refractivity contribution in [3.63, 3.8) is 0 Å². The third kappa shape index (κ3) is 3.29. The van der Waals surface area contributed by atoms with Crippen LogP contribution in [-0.2, 0) is 9.59 Å². The lowest BCUT2D eigenvalue weighted by molar-refractivity contribution is -0.140. The molecule has 2 aliphatic rings. The van der Waals surface area contributed by atoms with Crippen molar-refractivity contribution in [1.29, 1.82) is 0 Å². The van der Waals surface area contributed by atoms with E-state index in [2.05, 4.69) is 36.4 Å². The summed E-state index contributed by atoms with van der Waals surface area (Å²) in [5.41, 5.74) is 2.19. The fourth-order valence-electron chi connectivity index (χ4n) is 4.52. The molecular weight excluding hydrogens is 348 g/mol. The first kappa shape index (κ1) is 18.6. The van der Waals surface area contributed by atoms with Crippen LogP contribution in [0.25, 0.3) is 0 Å². The van der Waals surface area contributed by atoms with E-state index >= 15 is 0 Å².